The van der Waals surface area contributed by atoms with Gasteiger partial charge in [-0.25, -0.2) is 4.79 Å². The Kier molecular flexibility index (Phi) is 5.17. The molecule has 0 aliphatic carbocycles. The van der Waals surface area contributed by atoms with Crippen molar-refractivity contribution in [2.45, 2.75) is 43.7 Å². The van der Waals surface area contributed by atoms with Crippen LogP contribution >= 0.6 is 0 Å². The van der Waals surface area contributed by atoms with E-state index in [0.29, 0.717) is 25.9 Å². The molecule has 4 nitrogen and oxygen atoms in total. The fourth-order valence-corrected chi connectivity index (χ4v) is 4.17. The molecule has 1 heterocycles. The number of carbonyl (C=O) groups is 1. The van der Waals surface area contributed by atoms with Gasteiger partial charge in [0.2, 0.25) is 0 Å². The van der Waals surface area contributed by atoms with Crippen LogP contribution < -0.4 is 0 Å². The Morgan fingerprint density at radius 2 is 1.54 bits per heavy atom. The number of piperidine rings is 1. The molecule has 2 N–H and O–H groups in total. The minimum Gasteiger partial charge on any atom is -0.480 e. The SMILES string of the molecule is C[C@@H](c1ccccc1)[C@](C(=O)O)(c1ccccc1)N1CCC(C)(O)CC1. The molecule has 0 radical (unpaired) electrons. The number of carboxylic acids is 1. The van der Waals surface area contributed by atoms with E-state index in [1.54, 1.807) is 0 Å². The van der Waals surface area contributed by atoms with Crippen LogP contribution in [0, 0.1) is 0 Å². The van der Waals surface area contributed by atoms with E-state index in [9.17, 15) is 15.0 Å². The number of hydrogen-bond donors (Lipinski definition) is 2. The van der Waals surface area contributed by atoms with Crippen LogP contribution in [0.4, 0.5) is 0 Å². The van der Waals surface area contributed by atoms with Gasteiger partial charge in [0.25, 0.3) is 0 Å². The zero-order valence-electron chi connectivity index (χ0n) is 15.4. The van der Waals surface area contributed by atoms with Crippen molar-refractivity contribution in [2.24, 2.45) is 0 Å². The molecule has 138 valence electrons. The van der Waals surface area contributed by atoms with E-state index < -0.39 is 17.1 Å². The summed E-state index contributed by atoms with van der Waals surface area (Å²) in [4.78, 5) is 14.8. The predicted molar refractivity (Wildman–Crippen MR) is 102 cm³/mol. The van der Waals surface area contributed by atoms with Crippen molar-refractivity contribution in [3.05, 3.63) is 71.8 Å². The zero-order valence-corrected chi connectivity index (χ0v) is 15.4. The Morgan fingerprint density at radius 1 is 1.04 bits per heavy atom. The van der Waals surface area contributed by atoms with Gasteiger partial charge in [-0.2, -0.15) is 0 Å². The van der Waals surface area contributed by atoms with E-state index in [4.69, 9.17) is 0 Å². The van der Waals surface area contributed by atoms with E-state index in [1.165, 1.54) is 0 Å². The van der Waals surface area contributed by atoms with Crippen molar-refractivity contribution in [3.8, 4) is 0 Å². The molecule has 0 spiro atoms. The molecule has 3 rings (SSSR count). The summed E-state index contributed by atoms with van der Waals surface area (Å²) in [5.41, 5.74) is -0.117. The lowest BCUT2D eigenvalue weighted by atomic mass is 9.72. The summed E-state index contributed by atoms with van der Waals surface area (Å²) >= 11 is 0. The molecule has 2 aromatic carbocycles. The van der Waals surface area contributed by atoms with Gasteiger partial charge in [0.15, 0.2) is 5.54 Å². The van der Waals surface area contributed by atoms with Crippen LogP contribution in [0.15, 0.2) is 60.7 Å². The number of aliphatic carboxylic acids is 1. The molecular formula is C22H27NO3. The highest BCUT2D eigenvalue weighted by molar-refractivity contribution is 5.82. The van der Waals surface area contributed by atoms with Crippen molar-refractivity contribution >= 4 is 5.97 Å². The quantitative estimate of drug-likeness (QED) is 0.862. The number of nitrogens with zero attached hydrogens (tertiary/aromatic N) is 1. The molecular weight excluding hydrogens is 326 g/mol. The second-order valence-corrected chi connectivity index (χ2v) is 7.55. The summed E-state index contributed by atoms with van der Waals surface area (Å²) in [5.74, 6) is -1.09. The molecule has 0 amide bonds. The molecule has 1 fully saturated rings. The van der Waals surface area contributed by atoms with Gasteiger partial charge in [0, 0.05) is 19.0 Å². The maximum Gasteiger partial charge on any atom is 0.329 e. The fourth-order valence-electron chi connectivity index (χ4n) is 4.17. The molecule has 0 aromatic heterocycles. The lowest BCUT2D eigenvalue weighted by Gasteiger charge is -2.49. The van der Waals surface area contributed by atoms with Gasteiger partial charge in [0.05, 0.1) is 5.60 Å². The number of rotatable bonds is 5. The van der Waals surface area contributed by atoms with Crippen LogP contribution in [0.3, 0.4) is 0 Å². The van der Waals surface area contributed by atoms with Crippen LogP contribution in [0.1, 0.15) is 43.7 Å². The van der Waals surface area contributed by atoms with Gasteiger partial charge in [-0.1, -0.05) is 67.6 Å². The molecule has 1 aliphatic rings. The molecule has 2 aromatic rings. The third-order valence-electron chi connectivity index (χ3n) is 5.81. The second-order valence-electron chi connectivity index (χ2n) is 7.55. The molecule has 0 saturated carbocycles. The van der Waals surface area contributed by atoms with Gasteiger partial charge < -0.3 is 10.2 Å². The molecule has 4 heteroatoms. The minimum absolute atomic E-state index is 0.244. The molecule has 1 saturated heterocycles. The van der Waals surface area contributed by atoms with Gasteiger partial charge in [-0.3, -0.25) is 4.90 Å². The first-order valence-corrected chi connectivity index (χ1v) is 9.19. The van der Waals surface area contributed by atoms with Gasteiger partial charge in [-0.15, -0.1) is 0 Å². The second kappa shape index (κ2) is 7.22. The van der Waals surface area contributed by atoms with Crippen molar-refractivity contribution in [1.82, 2.24) is 4.90 Å². The Balaban J connectivity index is 2.13. The monoisotopic (exact) mass is 353 g/mol. The lowest BCUT2D eigenvalue weighted by Crippen LogP contribution is -2.59. The fraction of sp³-hybridized carbons (Fsp3) is 0.409. The summed E-state index contributed by atoms with van der Waals surface area (Å²) in [6, 6.07) is 19.3. The minimum atomic E-state index is -1.17. The summed E-state index contributed by atoms with van der Waals surface area (Å²) in [5, 5.41) is 20.8. The molecule has 26 heavy (non-hydrogen) atoms. The van der Waals surface area contributed by atoms with Crippen LogP contribution in [0.25, 0.3) is 0 Å². The standard InChI is InChI=1S/C22H27NO3/c1-17(18-9-5-3-6-10-18)22(20(24)25,19-11-7-4-8-12-19)23-15-13-21(2,26)14-16-23/h3-12,17,26H,13-16H2,1-2H3,(H,24,25)/t17-,22+/m0/s1. The van der Waals surface area contributed by atoms with E-state index in [2.05, 4.69) is 0 Å². The molecule has 2 atom stereocenters. The average Bonchev–Trinajstić information content (AvgIpc) is 2.64. The first-order chi connectivity index (χ1) is 12.4. The Bertz CT molecular complexity index is 734. The number of hydrogen-bond acceptors (Lipinski definition) is 3. The molecule has 0 unspecified atom stereocenters. The van der Waals surface area contributed by atoms with Crippen molar-refractivity contribution < 1.29 is 15.0 Å². The highest BCUT2D eigenvalue weighted by atomic mass is 16.4. The zero-order chi connectivity index (χ0) is 18.8. The Labute approximate surface area is 155 Å². The number of aliphatic hydroxyl groups is 1. The van der Waals surface area contributed by atoms with Crippen molar-refractivity contribution in [1.29, 1.82) is 0 Å². The highest BCUT2D eigenvalue weighted by Gasteiger charge is 2.52. The number of likely N-dealkylation sites (tertiary alicyclic amines) is 1. The third kappa shape index (κ3) is 3.27. The molecule has 0 bridgehead atoms. The topological polar surface area (TPSA) is 60.8 Å². The average molecular weight is 353 g/mol. The van der Waals surface area contributed by atoms with Gasteiger partial charge in [-0.05, 0) is 30.9 Å². The van der Waals surface area contributed by atoms with Crippen LogP contribution in [0.5, 0.6) is 0 Å². The first kappa shape index (κ1) is 18.6. The smallest absolute Gasteiger partial charge is 0.329 e. The summed E-state index contributed by atoms with van der Waals surface area (Å²) in [6.45, 7) is 4.91. The largest absolute Gasteiger partial charge is 0.480 e. The highest BCUT2D eigenvalue weighted by Crippen LogP contribution is 2.44. The van der Waals surface area contributed by atoms with E-state index in [1.807, 2.05) is 79.4 Å². The van der Waals surface area contributed by atoms with Crippen molar-refractivity contribution in [3.63, 3.8) is 0 Å². The third-order valence-corrected chi connectivity index (χ3v) is 5.81. The van der Waals surface area contributed by atoms with E-state index in [-0.39, 0.29) is 5.92 Å². The van der Waals surface area contributed by atoms with Crippen LogP contribution in [-0.2, 0) is 10.3 Å². The van der Waals surface area contributed by atoms with E-state index >= 15 is 0 Å². The van der Waals surface area contributed by atoms with Gasteiger partial charge >= 0.3 is 5.97 Å². The van der Waals surface area contributed by atoms with E-state index in [0.717, 1.165) is 11.1 Å². The number of carboxylic acid groups (broad SMARTS) is 1. The maximum absolute atomic E-state index is 12.8. The number of benzene rings is 2. The van der Waals surface area contributed by atoms with Crippen LogP contribution in [-0.4, -0.2) is 39.8 Å². The Morgan fingerprint density at radius 3 is 2.04 bits per heavy atom. The lowest BCUT2D eigenvalue weighted by molar-refractivity contribution is -0.158. The van der Waals surface area contributed by atoms with Crippen molar-refractivity contribution in [2.75, 3.05) is 13.1 Å². The Hall–Kier alpha value is -2.17. The van der Waals surface area contributed by atoms with Gasteiger partial charge in [0.1, 0.15) is 0 Å². The predicted octanol–water partition coefficient (Wildman–Crippen LogP) is 3.62. The summed E-state index contributed by atoms with van der Waals surface area (Å²) in [6.07, 6.45) is 1.13. The molecule has 1 aliphatic heterocycles. The maximum atomic E-state index is 12.8. The first-order valence-electron chi connectivity index (χ1n) is 9.19. The van der Waals surface area contributed by atoms with Crippen LogP contribution in [0.2, 0.25) is 0 Å². The summed E-state index contributed by atoms with van der Waals surface area (Å²) in [7, 11) is 0. The normalized spacial score (nSPS) is 20.9. The summed E-state index contributed by atoms with van der Waals surface area (Å²) < 4.78 is 0.